The number of rotatable bonds is 13. The molecule has 268 valence electrons. The van der Waals surface area contributed by atoms with Crippen LogP contribution in [0.5, 0.6) is 0 Å². The molecule has 0 spiro atoms. The van der Waals surface area contributed by atoms with Gasteiger partial charge in [-0.3, -0.25) is 0 Å². The Morgan fingerprint density at radius 2 is 1.16 bits per heavy atom. The maximum absolute atomic E-state index is 12.5. The molecule has 1 aromatic carbocycles. The van der Waals surface area contributed by atoms with Crippen LogP contribution < -0.4 is 4.46 Å². The molecule has 5 unspecified atom stereocenters. The quantitative estimate of drug-likeness (QED) is 0.0661. The summed E-state index contributed by atoms with van der Waals surface area (Å²) in [6.45, 7) is 5.61. The monoisotopic (exact) mass is 759 g/mol. The van der Waals surface area contributed by atoms with E-state index in [0.29, 0.717) is 0 Å². The molecular weight excluding hydrogens is 721 g/mol. The van der Waals surface area contributed by atoms with Gasteiger partial charge < -0.3 is 0 Å². The van der Waals surface area contributed by atoms with Crippen molar-refractivity contribution < 1.29 is 71.4 Å². The van der Waals surface area contributed by atoms with Crippen molar-refractivity contribution in [2.75, 3.05) is 13.2 Å². The van der Waals surface area contributed by atoms with Gasteiger partial charge in [-0.05, 0) is 0 Å². The van der Waals surface area contributed by atoms with E-state index in [2.05, 4.69) is 10.0 Å². The van der Waals surface area contributed by atoms with Crippen molar-refractivity contribution in [1.82, 2.24) is 0 Å². The van der Waals surface area contributed by atoms with E-state index in [1.54, 1.807) is 12.1 Å². The SMILES string of the molecule is CC(=O)OCC1O[C@H]([Se]c2ccccc2)C(N=[N+]=[N-])C(OC(C)=O)[C@@H]1O[C@@H]1O[C@@H](COC(C)=O)[C@H](OC(C)=O)C(OC(C)=O)C1OC(C)=O. The van der Waals surface area contributed by atoms with Gasteiger partial charge in [-0.1, -0.05) is 0 Å². The van der Waals surface area contributed by atoms with Crippen LogP contribution in [0.2, 0.25) is 0 Å². The zero-order valence-corrected chi connectivity index (χ0v) is 29.2. The molecule has 0 N–H and O–H groups in total. The Balaban J connectivity index is 2.15. The summed E-state index contributed by atoms with van der Waals surface area (Å²) in [7, 11) is 0. The molecule has 0 bridgehead atoms. The number of carbonyl (C=O) groups is 6. The molecule has 19 heteroatoms. The Bertz CT molecular complexity index is 1410. The van der Waals surface area contributed by atoms with Gasteiger partial charge >= 0.3 is 287 Å². The number of ether oxygens (including phenoxy) is 9. The van der Waals surface area contributed by atoms with Crippen molar-refractivity contribution in [3.63, 3.8) is 0 Å². The van der Waals surface area contributed by atoms with Crippen LogP contribution in [0.15, 0.2) is 35.4 Å². The molecule has 49 heavy (non-hydrogen) atoms. The number of hydrogen-bond acceptors (Lipinski definition) is 16. The first-order valence-electron chi connectivity index (χ1n) is 14.9. The topological polar surface area (TPSA) is 234 Å². The Morgan fingerprint density at radius 1 is 0.673 bits per heavy atom. The fraction of sp³-hybridized carbons (Fsp3) is 0.600. The van der Waals surface area contributed by atoms with Gasteiger partial charge in [0.1, 0.15) is 0 Å². The predicted octanol–water partition coefficient (Wildman–Crippen LogP) is 0.383. The van der Waals surface area contributed by atoms with Crippen molar-refractivity contribution in [1.29, 1.82) is 0 Å². The van der Waals surface area contributed by atoms with Gasteiger partial charge in [0.25, 0.3) is 0 Å². The van der Waals surface area contributed by atoms with Crippen molar-refractivity contribution in [3.8, 4) is 0 Å². The molecule has 2 fully saturated rings. The molecular formula is C30H37N3O15Se. The van der Waals surface area contributed by atoms with E-state index in [0.717, 1.165) is 46.0 Å². The number of esters is 6. The summed E-state index contributed by atoms with van der Waals surface area (Å²) in [5.74, 6) is -4.79. The Labute approximate surface area is 287 Å². The third-order valence-electron chi connectivity index (χ3n) is 6.79. The van der Waals surface area contributed by atoms with Crippen molar-refractivity contribution >= 4 is 55.2 Å². The zero-order valence-electron chi connectivity index (χ0n) is 27.4. The summed E-state index contributed by atoms with van der Waals surface area (Å²) >= 11 is -0.549. The minimum absolute atomic E-state index is 0.437. The average molecular weight is 759 g/mol. The average Bonchev–Trinajstić information content (AvgIpc) is 3.00. The van der Waals surface area contributed by atoms with Crippen LogP contribution in [-0.2, 0) is 71.4 Å². The molecule has 2 aliphatic heterocycles. The van der Waals surface area contributed by atoms with E-state index < -0.39 is 124 Å². The molecule has 0 radical (unpaired) electrons. The molecule has 2 saturated heterocycles. The second-order valence-corrected chi connectivity index (χ2v) is 13.2. The summed E-state index contributed by atoms with van der Waals surface area (Å²) in [4.78, 5) is 75.8. The van der Waals surface area contributed by atoms with Gasteiger partial charge in [-0.25, -0.2) is 0 Å². The second kappa shape index (κ2) is 18.5. The fourth-order valence-corrected chi connectivity index (χ4v) is 7.45. The normalized spacial score (nSPS) is 29.3. The van der Waals surface area contributed by atoms with Crippen LogP contribution in [0.1, 0.15) is 41.5 Å². The first-order valence-corrected chi connectivity index (χ1v) is 16.7. The molecule has 0 amide bonds. The number of nitrogens with zero attached hydrogens (tertiary/aromatic N) is 3. The van der Waals surface area contributed by atoms with E-state index in [9.17, 15) is 34.3 Å². The maximum atomic E-state index is 12.5. The molecule has 3 rings (SSSR count). The van der Waals surface area contributed by atoms with E-state index in [1.807, 2.05) is 18.2 Å². The summed E-state index contributed by atoms with van der Waals surface area (Å²) < 4.78 is 52.0. The van der Waals surface area contributed by atoms with E-state index in [1.165, 1.54) is 0 Å². The first kappa shape index (κ1) is 39.2. The Kier molecular flexibility index (Phi) is 14.8. The van der Waals surface area contributed by atoms with Crippen LogP contribution in [0.25, 0.3) is 10.4 Å². The van der Waals surface area contributed by atoms with Crippen LogP contribution >= 0.6 is 0 Å². The summed E-state index contributed by atoms with van der Waals surface area (Å²) in [5, 5.41) is 3.03. The first-order chi connectivity index (χ1) is 23.2. The third kappa shape index (κ3) is 11.7. The van der Waals surface area contributed by atoms with Crippen LogP contribution in [-0.4, -0.2) is 124 Å². The number of carbonyl (C=O) groups excluding carboxylic acids is 6. The van der Waals surface area contributed by atoms with Gasteiger partial charge in [0.05, 0.1) is 0 Å². The number of azide groups is 1. The molecule has 2 heterocycles. The van der Waals surface area contributed by atoms with E-state index in [-0.39, 0.29) is 0 Å². The van der Waals surface area contributed by atoms with Crippen molar-refractivity contribution in [2.45, 2.75) is 102 Å². The number of benzene rings is 1. The Hall–Kier alpha value is -4.25. The standard InChI is InChI=1S/C30H37N3O15Se/c1-14(34)40-12-21-25(42-16(3)36)27(44-18(5)38)28(45-19(6)39)29(46-21)48-24-22(13-41-15(2)35)47-30(49-20-10-8-7-9-11-20)23(32-33-31)26(24)43-17(4)37/h7-11,21-30H,12-13H2,1-6H3/t21-,22?,23?,24+,25-,26?,27?,28?,29-,30+/m0/s1. The van der Waals surface area contributed by atoms with Gasteiger partial charge in [-0.2, -0.15) is 0 Å². The molecule has 0 aliphatic carbocycles. The van der Waals surface area contributed by atoms with Crippen molar-refractivity contribution in [3.05, 3.63) is 40.8 Å². The van der Waals surface area contributed by atoms with Crippen LogP contribution in [0, 0.1) is 0 Å². The Morgan fingerprint density at radius 3 is 1.67 bits per heavy atom. The molecule has 18 nitrogen and oxygen atoms in total. The number of hydrogen-bond donors (Lipinski definition) is 0. The second-order valence-electron chi connectivity index (χ2n) is 10.7. The predicted molar refractivity (Wildman–Crippen MR) is 162 cm³/mol. The molecule has 2 aliphatic rings. The summed E-state index contributed by atoms with van der Waals surface area (Å²) in [6.07, 6.45) is -11.8. The third-order valence-corrected chi connectivity index (χ3v) is 9.23. The van der Waals surface area contributed by atoms with Gasteiger partial charge in [0.15, 0.2) is 0 Å². The fourth-order valence-electron chi connectivity index (χ4n) is 5.08. The van der Waals surface area contributed by atoms with Crippen LogP contribution in [0.3, 0.4) is 0 Å². The summed E-state index contributed by atoms with van der Waals surface area (Å²) in [5.41, 5.74) is 9.55. The van der Waals surface area contributed by atoms with Crippen molar-refractivity contribution in [2.24, 2.45) is 5.11 Å². The van der Waals surface area contributed by atoms with Gasteiger partial charge in [0, 0.05) is 0 Å². The van der Waals surface area contributed by atoms with E-state index >= 15 is 0 Å². The van der Waals surface area contributed by atoms with Gasteiger partial charge in [-0.15, -0.1) is 0 Å². The van der Waals surface area contributed by atoms with E-state index in [4.69, 9.17) is 42.6 Å². The molecule has 0 aromatic heterocycles. The molecule has 1 aromatic rings. The minimum atomic E-state index is -1.73. The molecule has 0 saturated carbocycles. The zero-order chi connectivity index (χ0) is 36.2. The molecule has 10 atom stereocenters. The van der Waals surface area contributed by atoms with Gasteiger partial charge in [0.2, 0.25) is 0 Å². The summed E-state index contributed by atoms with van der Waals surface area (Å²) in [6, 6.07) is 7.89. The van der Waals surface area contributed by atoms with Crippen LogP contribution in [0.4, 0.5) is 0 Å².